The zero-order valence-corrected chi connectivity index (χ0v) is 23.7. The Morgan fingerprint density at radius 1 is 1.22 bits per heavy atom. The molecule has 2 aliphatic heterocycles. The number of halogens is 2. The number of hydrogen-bond donors (Lipinski definition) is 0. The summed E-state index contributed by atoms with van der Waals surface area (Å²) in [7, 11) is 0. The average molecular weight is 575 g/mol. The van der Waals surface area contributed by atoms with Gasteiger partial charge < -0.3 is 14.5 Å². The zero-order chi connectivity index (χ0) is 29.0. The number of aromatic nitrogens is 4. The van der Waals surface area contributed by atoms with E-state index in [-0.39, 0.29) is 52.2 Å². The summed E-state index contributed by atoms with van der Waals surface area (Å²) in [6.45, 7) is 10.8. The van der Waals surface area contributed by atoms with E-state index in [0.29, 0.717) is 42.2 Å². The lowest BCUT2D eigenvalue weighted by molar-refractivity contribution is -0.126. The fourth-order valence-corrected chi connectivity index (χ4v) is 5.92. The summed E-state index contributed by atoms with van der Waals surface area (Å²) < 4.78 is 22.9. The lowest BCUT2D eigenvalue weighted by atomic mass is 10.0. The van der Waals surface area contributed by atoms with E-state index in [0.717, 1.165) is 5.56 Å². The number of pyridine rings is 2. The van der Waals surface area contributed by atoms with Gasteiger partial charge in [0.1, 0.15) is 28.7 Å². The van der Waals surface area contributed by atoms with Crippen molar-refractivity contribution in [2.45, 2.75) is 32.7 Å². The summed E-state index contributed by atoms with van der Waals surface area (Å²) in [6, 6.07) is 7.69. The molecule has 41 heavy (non-hydrogen) atoms. The highest BCUT2D eigenvalue weighted by Crippen LogP contribution is 2.45. The number of aryl methyl sites for hydroxylation is 1. The van der Waals surface area contributed by atoms with Gasteiger partial charge in [-0.3, -0.25) is 9.78 Å². The van der Waals surface area contributed by atoms with Gasteiger partial charge in [0.25, 0.3) is 0 Å². The SMILES string of the molecule is C=CC(=O)N1CCN2c3nc(=O)n(-c4c(C)ccnc4C(C)C)c4nc(-c5ccccc5F)c(Cl)c(c34)OC[C@H]2C1. The van der Waals surface area contributed by atoms with E-state index in [4.69, 9.17) is 21.3 Å². The number of fused-ring (bicyclic) bond motifs is 2. The van der Waals surface area contributed by atoms with Gasteiger partial charge in [-0.1, -0.05) is 44.2 Å². The molecule has 0 aliphatic carbocycles. The Morgan fingerprint density at radius 3 is 2.73 bits per heavy atom. The first-order chi connectivity index (χ1) is 19.7. The molecule has 1 atom stereocenters. The van der Waals surface area contributed by atoms with Crippen LogP contribution in [-0.4, -0.2) is 62.6 Å². The van der Waals surface area contributed by atoms with Gasteiger partial charge >= 0.3 is 5.69 Å². The van der Waals surface area contributed by atoms with E-state index in [9.17, 15) is 9.59 Å². The summed E-state index contributed by atoms with van der Waals surface area (Å²) in [6.07, 6.45) is 2.99. The molecule has 3 aromatic heterocycles. The standard InChI is InChI=1S/C30H28ClFN6O3/c1-5-21(39)36-12-13-37-18(14-36)15-41-27-22-28(37)35-30(40)38(26-17(4)10-11-33-24(26)16(2)3)29(22)34-25(23(27)31)19-8-6-7-9-20(19)32/h5-11,16,18H,1,12-15H2,2-4H3/t18-/m1/s1. The monoisotopic (exact) mass is 574 g/mol. The van der Waals surface area contributed by atoms with Crippen molar-refractivity contribution in [2.75, 3.05) is 31.1 Å². The number of anilines is 1. The third kappa shape index (κ3) is 4.33. The fourth-order valence-electron chi connectivity index (χ4n) is 5.63. The Labute approximate surface area is 240 Å². The van der Waals surface area contributed by atoms with Crippen LogP contribution in [0.15, 0.2) is 54.0 Å². The number of amides is 1. The first-order valence-electron chi connectivity index (χ1n) is 13.4. The highest BCUT2D eigenvalue weighted by atomic mass is 35.5. The van der Waals surface area contributed by atoms with Gasteiger partial charge in [0.2, 0.25) is 5.91 Å². The van der Waals surface area contributed by atoms with Gasteiger partial charge in [0.05, 0.1) is 23.1 Å². The van der Waals surface area contributed by atoms with Crippen molar-refractivity contribution in [3.8, 4) is 22.7 Å². The molecule has 1 aromatic carbocycles. The van der Waals surface area contributed by atoms with Crippen LogP contribution in [0.3, 0.4) is 0 Å². The van der Waals surface area contributed by atoms with Crippen LogP contribution >= 0.6 is 11.6 Å². The van der Waals surface area contributed by atoms with Gasteiger partial charge in [-0.05, 0) is 42.7 Å². The second kappa shape index (κ2) is 10.3. The van der Waals surface area contributed by atoms with Crippen molar-refractivity contribution in [2.24, 2.45) is 0 Å². The quantitative estimate of drug-likeness (QED) is 0.327. The summed E-state index contributed by atoms with van der Waals surface area (Å²) in [4.78, 5) is 44.1. The molecule has 0 N–H and O–H groups in total. The van der Waals surface area contributed by atoms with E-state index in [1.807, 2.05) is 31.7 Å². The Kier molecular flexibility index (Phi) is 6.73. The van der Waals surface area contributed by atoms with E-state index < -0.39 is 11.5 Å². The van der Waals surface area contributed by atoms with Gasteiger partial charge in [-0.2, -0.15) is 4.98 Å². The molecule has 9 nitrogen and oxygen atoms in total. The molecular weight excluding hydrogens is 547 g/mol. The smallest absolute Gasteiger partial charge is 0.355 e. The normalized spacial score (nSPS) is 16.4. The lowest BCUT2D eigenvalue weighted by Crippen LogP contribution is -2.56. The van der Waals surface area contributed by atoms with Crippen LogP contribution in [0.5, 0.6) is 5.75 Å². The van der Waals surface area contributed by atoms with Gasteiger partial charge in [-0.25, -0.2) is 18.7 Å². The van der Waals surface area contributed by atoms with Gasteiger partial charge in [0.15, 0.2) is 11.4 Å². The minimum atomic E-state index is -0.559. The third-order valence-corrected chi connectivity index (χ3v) is 7.97. The van der Waals surface area contributed by atoms with Crippen LogP contribution in [0.4, 0.5) is 10.2 Å². The molecule has 0 spiro atoms. The maximum absolute atomic E-state index is 15.1. The largest absolute Gasteiger partial charge is 0.489 e. The molecule has 0 bridgehead atoms. The molecule has 210 valence electrons. The minimum absolute atomic E-state index is 0.0175. The molecular formula is C30H28ClFN6O3. The second-order valence-corrected chi connectivity index (χ2v) is 10.9. The number of hydrogen-bond acceptors (Lipinski definition) is 7. The number of rotatable bonds is 4. The van der Waals surface area contributed by atoms with E-state index in [1.54, 1.807) is 29.3 Å². The van der Waals surface area contributed by atoms with Crippen molar-refractivity contribution in [3.63, 3.8) is 0 Å². The van der Waals surface area contributed by atoms with Gasteiger partial charge in [-0.15, -0.1) is 0 Å². The Morgan fingerprint density at radius 2 is 2.00 bits per heavy atom. The van der Waals surface area contributed by atoms with E-state index >= 15 is 4.39 Å². The molecule has 11 heteroatoms. The molecule has 6 rings (SSSR count). The van der Waals surface area contributed by atoms with Crippen molar-refractivity contribution >= 4 is 34.4 Å². The van der Waals surface area contributed by atoms with Crippen molar-refractivity contribution in [1.29, 1.82) is 0 Å². The summed E-state index contributed by atoms with van der Waals surface area (Å²) in [5.74, 6) is -0.0890. The highest BCUT2D eigenvalue weighted by molar-refractivity contribution is 6.36. The molecule has 0 radical (unpaired) electrons. The van der Waals surface area contributed by atoms with Crippen molar-refractivity contribution in [1.82, 2.24) is 24.4 Å². The molecule has 1 fully saturated rings. The first kappa shape index (κ1) is 26.9. The predicted molar refractivity (Wildman–Crippen MR) is 156 cm³/mol. The van der Waals surface area contributed by atoms with E-state index in [1.165, 1.54) is 16.7 Å². The molecule has 5 heterocycles. The van der Waals surface area contributed by atoms with Crippen LogP contribution in [0.25, 0.3) is 28.0 Å². The van der Waals surface area contributed by atoms with Crippen LogP contribution in [0, 0.1) is 12.7 Å². The number of carbonyl (C=O) groups is 1. The fraction of sp³-hybridized carbons (Fsp3) is 0.300. The maximum Gasteiger partial charge on any atom is 0.355 e. The molecule has 1 saturated heterocycles. The minimum Gasteiger partial charge on any atom is -0.489 e. The molecule has 2 aliphatic rings. The highest BCUT2D eigenvalue weighted by Gasteiger charge is 2.37. The maximum atomic E-state index is 15.1. The van der Waals surface area contributed by atoms with Gasteiger partial charge in [0, 0.05) is 31.4 Å². The first-order valence-corrected chi connectivity index (χ1v) is 13.8. The number of carbonyl (C=O) groups excluding carboxylic acids is 1. The number of ether oxygens (including phenoxy) is 1. The van der Waals surface area contributed by atoms with Crippen LogP contribution in [0.2, 0.25) is 5.02 Å². The summed E-state index contributed by atoms with van der Waals surface area (Å²) in [5.41, 5.74) is 2.06. The van der Waals surface area contributed by atoms with E-state index in [2.05, 4.69) is 16.5 Å². The topological polar surface area (TPSA) is 93.5 Å². The third-order valence-electron chi connectivity index (χ3n) is 7.62. The Balaban J connectivity index is 1.70. The van der Waals surface area contributed by atoms with Crippen molar-refractivity contribution < 1.29 is 13.9 Å². The second-order valence-electron chi connectivity index (χ2n) is 10.5. The average Bonchev–Trinajstić information content (AvgIpc) is 3.12. The lowest BCUT2D eigenvalue weighted by Gasteiger charge is -2.40. The van der Waals surface area contributed by atoms with Crippen LogP contribution < -0.4 is 15.3 Å². The number of piperazine rings is 1. The summed E-state index contributed by atoms with van der Waals surface area (Å²) >= 11 is 6.94. The number of benzene rings is 1. The molecule has 4 aromatic rings. The summed E-state index contributed by atoms with van der Waals surface area (Å²) in [5, 5.41) is 0.556. The molecule has 0 saturated carbocycles. The number of nitrogens with zero attached hydrogens (tertiary/aromatic N) is 6. The Hall–Kier alpha value is -4.31. The van der Waals surface area contributed by atoms with Crippen LogP contribution in [-0.2, 0) is 4.79 Å². The van der Waals surface area contributed by atoms with Crippen molar-refractivity contribution in [3.05, 3.63) is 81.8 Å². The predicted octanol–water partition coefficient (Wildman–Crippen LogP) is 4.66. The zero-order valence-electron chi connectivity index (χ0n) is 22.9. The molecule has 0 unspecified atom stereocenters. The molecule has 1 amide bonds. The van der Waals surface area contributed by atoms with Crippen LogP contribution in [0.1, 0.15) is 31.0 Å². The Bertz CT molecular complexity index is 1790.